The maximum atomic E-state index is 11.9. The Morgan fingerprint density at radius 1 is 1.50 bits per heavy atom. The third kappa shape index (κ3) is 4.47. The van der Waals surface area contributed by atoms with Crippen LogP contribution in [0.1, 0.15) is 19.3 Å². The van der Waals surface area contributed by atoms with E-state index in [0.29, 0.717) is 23.2 Å². The molecule has 20 heavy (non-hydrogen) atoms. The Morgan fingerprint density at radius 2 is 2.30 bits per heavy atom. The number of carbonyl (C=O) groups excluding carboxylic acids is 1. The van der Waals surface area contributed by atoms with Gasteiger partial charge >= 0.3 is 0 Å². The van der Waals surface area contributed by atoms with Crippen LogP contribution in [0.25, 0.3) is 0 Å². The van der Waals surface area contributed by atoms with Crippen molar-refractivity contribution in [2.45, 2.75) is 25.4 Å². The number of benzene rings is 1. The van der Waals surface area contributed by atoms with Gasteiger partial charge in [-0.3, -0.25) is 9.69 Å². The van der Waals surface area contributed by atoms with Gasteiger partial charge in [-0.25, -0.2) is 0 Å². The SMILES string of the molecule is CN(CC(=O)Nc1cccc(Cl)c1)CC1CCCC1O. The van der Waals surface area contributed by atoms with Crippen molar-refractivity contribution < 1.29 is 9.90 Å². The predicted molar refractivity (Wildman–Crippen MR) is 80.9 cm³/mol. The Kier molecular flexibility index (Phi) is 5.40. The number of anilines is 1. The number of aliphatic hydroxyl groups excluding tert-OH is 1. The quantitative estimate of drug-likeness (QED) is 0.877. The highest BCUT2D eigenvalue weighted by Crippen LogP contribution is 2.25. The van der Waals surface area contributed by atoms with Crippen molar-refractivity contribution in [1.82, 2.24) is 4.90 Å². The summed E-state index contributed by atoms with van der Waals surface area (Å²) in [6, 6.07) is 7.10. The van der Waals surface area contributed by atoms with Gasteiger partial charge in [0.05, 0.1) is 12.6 Å². The van der Waals surface area contributed by atoms with Crippen molar-refractivity contribution in [2.24, 2.45) is 5.92 Å². The van der Waals surface area contributed by atoms with Crippen LogP contribution in [-0.2, 0) is 4.79 Å². The van der Waals surface area contributed by atoms with Crippen molar-refractivity contribution in [3.8, 4) is 0 Å². The van der Waals surface area contributed by atoms with Gasteiger partial charge in [-0.1, -0.05) is 24.1 Å². The lowest BCUT2D eigenvalue weighted by Crippen LogP contribution is -2.35. The van der Waals surface area contributed by atoms with E-state index in [-0.39, 0.29) is 12.0 Å². The van der Waals surface area contributed by atoms with E-state index >= 15 is 0 Å². The zero-order chi connectivity index (χ0) is 14.5. The van der Waals surface area contributed by atoms with E-state index in [1.165, 1.54) is 0 Å². The number of hydrogen-bond acceptors (Lipinski definition) is 3. The first-order valence-electron chi connectivity index (χ1n) is 6.96. The van der Waals surface area contributed by atoms with Crippen LogP contribution < -0.4 is 5.32 Å². The molecule has 2 atom stereocenters. The Bertz CT molecular complexity index is 467. The lowest BCUT2D eigenvalue weighted by Gasteiger charge is -2.22. The lowest BCUT2D eigenvalue weighted by molar-refractivity contribution is -0.117. The molecule has 0 aliphatic heterocycles. The summed E-state index contributed by atoms with van der Waals surface area (Å²) in [6.45, 7) is 1.07. The Morgan fingerprint density at radius 3 is 2.95 bits per heavy atom. The number of nitrogens with zero attached hydrogens (tertiary/aromatic N) is 1. The molecule has 2 unspecified atom stereocenters. The van der Waals surface area contributed by atoms with Crippen molar-refractivity contribution in [3.63, 3.8) is 0 Å². The molecule has 1 aliphatic rings. The zero-order valence-electron chi connectivity index (χ0n) is 11.7. The number of carbonyl (C=O) groups is 1. The molecule has 1 aliphatic carbocycles. The molecule has 0 radical (unpaired) electrons. The fraction of sp³-hybridized carbons (Fsp3) is 0.533. The van der Waals surface area contributed by atoms with E-state index in [1.807, 2.05) is 18.0 Å². The number of aliphatic hydroxyl groups is 1. The number of halogens is 1. The van der Waals surface area contributed by atoms with Crippen LogP contribution in [0.3, 0.4) is 0 Å². The molecule has 1 saturated carbocycles. The maximum absolute atomic E-state index is 11.9. The molecule has 0 heterocycles. The third-order valence-electron chi connectivity index (χ3n) is 3.69. The molecular weight excluding hydrogens is 276 g/mol. The second-order valence-corrected chi connectivity index (χ2v) is 5.95. The topological polar surface area (TPSA) is 52.6 Å². The van der Waals surface area contributed by atoms with Gasteiger partial charge in [0.2, 0.25) is 5.91 Å². The second-order valence-electron chi connectivity index (χ2n) is 5.51. The average molecular weight is 297 g/mol. The third-order valence-corrected chi connectivity index (χ3v) is 3.92. The minimum Gasteiger partial charge on any atom is -0.393 e. The van der Waals surface area contributed by atoms with E-state index in [1.54, 1.807) is 18.2 Å². The molecule has 0 spiro atoms. The van der Waals surface area contributed by atoms with Crippen LogP contribution in [0.2, 0.25) is 5.02 Å². The van der Waals surface area contributed by atoms with Crippen molar-refractivity contribution in [1.29, 1.82) is 0 Å². The van der Waals surface area contributed by atoms with E-state index in [0.717, 1.165) is 25.8 Å². The Labute approximate surface area is 124 Å². The average Bonchev–Trinajstić information content (AvgIpc) is 2.74. The highest BCUT2D eigenvalue weighted by Gasteiger charge is 2.26. The summed E-state index contributed by atoms with van der Waals surface area (Å²) in [5, 5.41) is 13.2. The number of nitrogens with one attached hydrogen (secondary N) is 1. The van der Waals surface area contributed by atoms with Gasteiger partial charge < -0.3 is 10.4 Å². The van der Waals surface area contributed by atoms with E-state index in [2.05, 4.69) is 5.32 Å². The van der Waals surface area contributed by atoms with Gasteiger partial charge in [0.25, 0.3) is 0 Å². The largest absolute Gasteiger partial charge is 0.393 e. The highest BCUT2D eigenvalue weighted by atomic mass is 35.5. The Hall–Kier alpha value is -1.10. The number of hydrogen-bond donors (Lipinski definition) is 2. The molecule has 1 aromatic rings. The number of amides is 1. The van der Waals surface area contributed by atoms with Crippen molar-refractivity contribution >= 4 is 23.2 Å². The normalized spacial score (nSPS) is 22.2. The molecule has 110 valence electrons. The van der Waals surface area contributed by atoms with Crippen molar-refractivity contribution in [3.05, 3.63) is 29.3 Å². The summed E-state index contributed by atoms with van der Waals surface area (Å²) in [4.78, 5) is 13.9. The monoisotopic (exact) mass is 296 g/mol. The van der Waals surface area contributed by atoms with Crippen molar-refractivity contribution in [2.75, 3.05) is 25.5 Å². The molecule has 2 rings (SSSR count). The number of rotatable bonds is 5. The second kappa shape index (κ2) is 7.07. The van der Waals surface area contributed by atoms with Gasteiger partial charge in [0, 0.05) is 17.3 Å². The van der Waals surface area contributed by atoms with Crippen LogP contribution >= 0.6 is 11.6 Å². The van der Waals surface area contributed by atoms with Crippen LogP contribution in [0, 0.1) is 5.92 Å². The van der Waals surface area contributed by atoms with E-state index < -0.39 is 0 Å². The summed E-state index contributed by atoms with van der Waals surface area (Å²) in [6.07, 6.45) is 2.79. The van der Waals surface area contributed by atoms with Gasteiger partial charge in [-0.15, -0.1) is 0 Å². The van der Waals surface area contributed by atoms with Crippen LogP contribution in [0.4, 0.5) is 5.69 Å². The summed E-state index contributed by atoms with van der Waals surface area (Å²) < 4.78 is 0. The van der Waals surface area contributed by atoms with Crippen LogP contribution in [0.15, 0.2) is 24.3 Å². The molecule has 1 amide bonds. The molecule has 0 bridgehead atoms. The minimum atomic E-state index is -0.214. The lowest BCUT2D eigenvalue weighted by atomic mass is 10.1. The van der Waals surface area contributed by atoms with Gasteiger partial charge in [0.1, 0.15) is 0 Å². The summed E-state index contributed by atoms with van der Waals surface area (Å²) >= 11 is 5.87. The first-order chi connectivity index (χ1) is 9.54. The number of likely N-dealkylation sites (N-methyl/N-ethyl adjacent to an activating group) is 1. The smallest absolute Gasteiger partial charge is 0.238 e. The zero-order valence-corrected chi connectivity index (χ0v) is 12.4. The molecule has 1 fully saturated rings. The van der Waals surface area contributed by atoms with Crippen LogP contribution in [-0.4, -0.2) is 42.2 Å². The summed E-state index contributed by atoms with van der Waals surface area (Å²) in [5.41, 5.74) is 0.705. The molecule has 4 nitrogen and oxygen atoms in total. The van der Waals surface area contributed by atoms with Gasteiger partial charge in [0.15, 0.2) is 0 Å². The van der Waals surface area contributed by atoms with Gasteiger partial charge in [-0.05, 0) is 44.0 Å². The molecular formula is C15H21ClN2O2. The molecule has 2 N–H and O–H groups in total. The fourth-order valence-corrected chi connectivity index (χ4v) is 2.90. The molecule has 0 aromatic heterocycles. The highest BCUT2D eigenvalue weighted by molar-refractivity contribution is 6.30. The maximum Gasteiger partial charge on any atom is 0.238 e. The summed E-state index contributed by atoms with van der Waals surface area (Å²) in [5.74, 6) is 0.223. The predicted octanol–water partition coefficient (Wildman–Crippen LogP) is 2.37. The fourth-order valence-electron chi connectivity index (χ4n) is 2.71. The van der Waals surface area contributed by atoms with E-state index in [4.69, 9.17) is 11.6 Å². The van der Waals surface area contributed by atoms with Gasteiger partial charge in [-0.2, -0.15) is 0 Å². The standard InChI is InChI=1S/C15H21ClN2O2/c1-18(9-11-4-2-7-14(11)19)10-15(20)17-13-6-3-5-12(16)8-13/h3,5-6,8,11,14,19H,2,4,7,9-10H2,1H3,(H,17,20). The first-order valence-corrected chi connectivity index (χ1v) is 7.34. The van der Waals surface area contributed by atoms with E-state index in [9.17, 15) is 9.90 Å². The first kappa shape index (κ1) is 15.3. The molecule has 0 saturated heterocycles. The van der Waals surface area contributed by atoms with Crippen LogP contribution in [0.5, 0.6) is 0 Å². The summed E-state index contributed by atoms with van der Waals surface area (Å²) in [7, 11) is 1.91. The Balaban J connectivity index is 1.79. The molecule has 5 heteroatoms. The molecule has 1 aromatic carbocycles. The minimum absolute atomic E-state index is 0.0674.